The summed E-state index contributed by atoms with van der Waals surface area (Å²) in [6.07, 6.45) is 9.58. The fourth-order valence-corrected chi connectivity index (χ4v) is 5.29. The molecule has 0 amide bonds. The van der Waals surface area contributed by atoms with Crippen LogP contribution in [0.15, 0.2) is 6.20 Å². The molecule has 5 nitrogen and oxygen atoms in total. The molecular formula is C15H21N3O2. The summed E-state index contributed by atoms with van der Waals surface area (Å²) < 4.78 is 1.59. The third-order valence-electron chi connectivity index (χ3n) is 5.47. The van der Waals surface area contributed by atoms with Crippen molar-refractivity contribution in [2.45, 2.75) is 44.1 Å². The van der Waals surface area contributed by atoms with Gasteiger partial charge in [0.05, 0.1) is 5.69 Å². The standard InChI is InChI=1S/C15H21N3O2/c1-18-8-12(13(17-18)14(19)20)16-15-5-9-2-10(6-15)4-11(3-9)7-15/h8-11,16H,2-7H2,1H3,(H,19,20). The van der Waals surface area contributed by atoms with Gasteiger partial charge >= 0.3 is 5.97 Å². The monoisotopic (exact) mass is 275 g/mol. The van der Waals surface area contributed by atoms with E-state index in [1.165, 1.54) is 38.5 Å². The molecule has 0 radical (unpaired) electrons. The molecule has 1 aromatic heterocycles. The highest BCUT2D eigenvalue weighted by atomic mass is 16.4. The maximum atomic E-state index is 11.3. The summed E-state index contributed by atoms with van der Waals surface area (Å²) >= 11 is 0. The van der Waals surface area contributed by atoms with Crippen molar-refractivity contribution in [3.05, 3.63) is 11.9 Å². The molecule has 4 aliphatic carbocycles. The lowest BCUT2D eigenvalue weighted by molar-refractivity contribution is 0.0107. The van der Waals surface area contributed by atoms with Gasteiger partial charge in [0.25, 0.3) is 0 Å². The van der Waals surface area contributed by atoms with Gasteiger partial charge in [-0.1, -0.05) is 0 Å². The topological polar surface area (TPSA) is 67.2 Å². The third-order valence-corrected chi connectivity index (χ3v) is 5.47. The number of aryl methyl sites for hydroxylation is 1. The summed E-state index contributed by atoms with van der Waals surface area (Å²) in [5.74, 6) is 1.59. The number of carboxylic acids is 1. The van der Waals surface area contributed by atoms with Crippen LogP contribution in [-0.4, -0.2) is 26.4 Å². The van der Waals surface area contributed by atoms with Crippen molar-refractivity contribution in [3.63, 3.8) is 0 Å². The molecule has 4 saturated carbocycles. The Morgan fingerprint density at radius 1 is 1.30 bits per heavy atom. The molecule has 2 N–H and O–H groups in total. The van der Waals surface area contributed by atoms with Crippen LogP contribution in [-0.2, 0) is 7.05 Å². The Morgan fingerprint density at radius 2 is 1.85 bits per heavy atom. The number of aromatic carboxylic acids is 1. The summed E-state index contributed by atoms with van der Waals surface area (Å²) in [5.41, 5.74) is 0.979. The zero-order chi connectivity index (χ0) is 13.9. The molecule has 5 rings (SSSR count). The van der Waals surface area contributed by atoms with Crippen LogP contribution in [0.3, 0.4) is 0 Å². The second-order valence-electron chi connectivity index (χ2n) is 7.19. The van der Waals surface area contributed by atoms with Gasteiger partial charge in [-0.3, -0.25) is 4.68 Å². The quantitative estimate of drug-likeness (QED) is 0.889. The highest BCUT2D eigenvalue weighted by Crippen LogP contribution is 2.56. The van der Waals surface area contributed by atoms with E-state index in [1.54, 1.807) is 11.7 Å². The van der Waals surface area contributed by atoms with E-state index in [0.29, 0.717) is 5.69 Å². The highest BCUT2D eigenvalue weighted by Gasteiger charge is 2.51. The number of nitrogens with zero attached hydrogens (tertiary/aromatic N) is 2. The normalized spacial score (nSPS) is 38.1. The molecule has 0 aromatic carbocycles. The minimum atomic E-state index is -0.946. The average molecular weight is 275 g/mol. The molecule has 0 unspecified atom stereocenters. The maximum absolute atomic E-state index is 11.3. The zero-order valence-electron chi connectivity index (χ0n) is 11.8. The fourth-order valence-electron chi connectivity index (χ4n) is 5.29. The average Bonchev–Trinajstić information content (AvgIpc) is 2.67. The molecule has 20 heavy (non-hydrogen) atoms. The van der Waals surface area contributed by atoms with Crippen LogP contribution >= 0.6 is 0 Å². The lowest BCUT2D eigenvalue weighted by atomic mass is 9.53. The largest absolute Gasteiger partial charge is 0.476 e. The van der Waals surface area contributed by atoms with E-state index < -0.39 is 5.97 Å². The molecule has 4 bridgehead atoms. The number of hydrogen-bond donors (Lipinski definition) is 2. The molecule has 4 fully saturated rings. The van der Waals surface area contributed by atoms with Crippen molar-refractivity contribution in [2.75, 3.05) is 5.32 Å². The van der Waals surface area contributed by atoms with Crippen LogP contribution in [0, 0.1) is 17.8 Å². The Kier molecular flexibility index (Phi) is 2.44. The second kappa shape index (κ2) is 3.99. The van der Waals surface area contributed by atoms with Gasteiger partial charge in [0, 0.05) is 18.8 Å². The third kappa shape index (κ3) is 1.83. The summed E-state index contributed by atoms with van der Waals surface area (Å²) in [6.45, 7) is 0. The first kappa shape index (κ1) is 12.2. The van der Waals surface area contributed by atoms with Gasteiger partial charge in [0.1, 0.15) is 0 Å². The predicted molar refractivity (Wildman–Crippen MR) is 74.7 cm³/mol. The zero-order valence-corrected chi connectivity index (χ0v) is 11.8. The van der Waals surface area contributed by atoms with Gasteiger partial charge in [0.15, 0.2) is 5.69 Å². The Bertz CT molecular complexity index is 528. The lowest BCUT2D eigenvalue weighted by Crippen LogP contribution is -2.54. The van der Waals surface area contributed by atoms with Crippen LogP contribution in [0.5, 0.6) is 0 Å². The van der Waals surface area contributed by atoms with Crippen molar-refractivity contribution < 1.29 is 9.90 Å². The van der Waals surface area contributed by atoms with E-state index in [9.17, 15) is 9.90 Å². The summed E-state index contributed by atoms with van der Waals surface area (Å²) in [5, 5.41) is 16.9. The first-order valence-corrected chi connectivity index (χ1v) is 7.58. The lowest BCUT2D eigenvalue weighted by Gasteiger charge is -2.57. The van der Waals surface area contributed by atoms with Gasteiger partial charge < -0.3 is 10.4 Å². The van der Waals surface area contributed by atoms with Crippen LogP contribution in [0.1, 0.15) is 49.0 Å². The molecule has 1 heterocycles. The maximum Gasteiger partial charge on any atom is 0.358 e. The van der Waals surface area contributed by atoms with Crippen LogP contribution in [0.4, 0.5) is 5.69 Å². The molecule has 108 valence electrons. The minimum Gasteiger partial charge on any atom is -0.476 e. The predicted octanol–water partition coefficient (Wildman–Crippen LogP) is 2.50. The van der Waals surface area contributed by atoms with Crippen molar-refractivity contribution >= 4 is 11.7 Å². The van der Waals surface area contributed by atoms with Crippen LogP contribution < -0.4 is 5.32 Å². The Balaban J connectivity index is 1.64. The molecule has 1 aromatic rings. The highest BCUT2D eigenvalue weighted by molar-refractivity contribution is 5.92. The van der Waals surface area contributed by atoms with E-state index in [1.807, 2.05) is 6.20 Å². The summed E-state index contributed by atoms with van der Waals surface area (Å²) in [7, 11) is 1.78. The molecule has 5 heteroatoms. The number of carboxylic acid groups (broad SMARTS) is 1. The Labute approximate surface area is 118 Å². The smallest absolute Gasteiger partial charge is 0.358 e. The van der Waals surface area contributed by atoms with E-state index in [2.05, 4.69) is 10.4 Å². The van der Waals surface area contributed by atoms with Crippen molar-refractivity contribution in [1.29, 1.82) is 0 Å². The molecular weight excluding hydrogens is 254 g/mol. The molecule has 4 aliphatic rings. The number of rotatable bonds is 3. The van der Waals surface area contributed by atoms with Crippen molar-refractivity contribution in [1.82, 2.24) is 9.78 Å². The molecule has 0 aliphatic heterocycles. The van der Waals surface area contributed by atoms with E-state index in [0.717, 1.165) is 17.8 Å². The SMILES string of the molecule is Cn1cc(NC23CC4CC(CC(C4)C2)C3)c(C(=O)O)n1. The molecule has 0 atom stereocenters. The van der Waals surface area contributed by atoms with E-state index in [4.69, 9.17) is 0 Å². The molecule has 0 spiro atoms. The number of hydrogen-bond acceptors (Lipinski definition) is 3. The second-order valence-corrected chi connectivity index (χ2v) is 7.19. The number of anilines is 1. The van der Waals surface area contributed by atoms with E-state index >= 15 is 0 Å². The van der Waals surface area contributed by atoms with Gasteiger partial charge in [-0.2, -0.15) is 5.10 Å². The van der Waals surface area contributed by atoms with Crippen LogP contribution in [0.25, 0.3) is 0 Å². The summed E-state index contributed by atoms with van der Waals surface area (Å²) in [6, 6.07) is 0. The van der Waals surface area contributed by atoms with Gasteiger partial charge in [-0.15, -0.1) is 0 Å². The van der Waals surface area contributed by atoms with Crippen molar-refractivity contribution in [2.24, 2.45) is 24.8 Å². The number of carbonyl (C=O) groups is 1. The first-order chi connectivity index (χ1) is 9.53. The van der Waals surface area contributed by atoms with Gasteiger partial charge in [-0.05, 0) is 56.3 Å². The minimum absolute atomic E-state index is 0.127. The first-order valence-electron chi connectivity index (χ1n) is 7.58. The molecule has 0 saturated heterocycles. The number of nitrogens with one attached hydrogen (secondary N) is 1. The number of aromatic nitrogens is 2. The van der Waals surface area contributed by atoms with Crippen LogP contribution in [0.2, 0.25) is 0 Å². The summed E-state index contributed by atoms with van der Waals surface area (Å²) in [4.78, 5) is 11.3. The fraction of sp³-hybridized carbons (Fsp3) is 0.733. The van der Waals surface area contributed by atoms with Gasteiger partial charge in [-0.25, -0.2) is 4.79 Å². The Hall–Kier alpha value is -1.52. The van der Waals surface area contributed by atoms with Crippen molar-refractivity contribution in [3.8, 4) is 0 Å². The Morgan fingerprint density at radius 3 is 2.35 bits per heavy atom. The van der Waals surface area contributed by atoms with E-state index in [-0.39, 0.29) is 11.2 Å². The van der Waals surface area contributed by atoms with Gasteiger partial charge in [0.2, 0.25) is 0 Å².